The van der Waals surface area contributed by atoms with Crippen LogP contribution in [0, 0.1) is 5.92 Å². The van der Waals surface area contributed by atoms with Crippen molar-refractivity contribution < 1.29 is 9.53 Å². The predicted molar refractivity (Wildman–Crippen MR) is 45.3 cm³/mol. The van der Waals surface area contributed by atoms with Gasteiger partial charge in [0.2, 0.25) is 0 Å². The number of carbonyl (C=O) groups excluding carboxylic acids is 1. The van der Waals surface area contributed by atoms with E-state index in [-0.39, 0.29) is 0 Å². The molecule has 1 heterocycles. The van der Waals surface area contributed by atoms with Crippen LogP contribution in [0.5, 0.6) is 0 Å². The maximum atomic E-state index is 9.94. The molecule has 0 amide bonds. The van der Waals surface area contributed by atoms with Gasteiger partial charge in [-0.3, -0.25) is 10.5 Å². The molecule has 0 aliphatic carbocycles. The van der Waals surface area contributed by atoms with Gasteiger partial charge in [0.05, 0.1) is 0 Å². The summed E-state index contributed by atoms with van der Waals surface area (Å²) in [6.45, 7) is 2.51. The van der Waals surface area contributed by atoms with Crippen molar-refractivity contribution in [2.24, 2.45) is 11.7 Å². The van der Waals surface area contributed by atoms with Crippen LogP contribution < -0.4 is 11.1 Å². The van der Waals surface area contributed by atoms with Gasteiger partial charge in [0.15, 0.2) is 6.23 Å². The number of nitrogens with one attached hydrogen (secondary N) is 1. The third-order valence-electron chi connectivity index (χ3n) is 2.19. The lowest BCUT2D eigenvalue weighted by Crippen LogP contribution is -2.35. The predicted octanol–water partition coefficient (Wildman–Crippen LogP) is -0.166. The van der Waals surface area contributed by atoms with Crippen LogP contribution in [0.4, 0.5) is 0 Å². The molecule has 4 nitrogen and oxygen atoms in total. The standard InChI is InChI=1S/C8H16N2O2/c9-8(12-6-11)4-7-2-1-3-10-5-7/h6-8,10H,1-5,9H2. The van der Waals surface area contributed by atoms with Crippen LogP contribution in [0.1, 0.15) is 19.3 Å². The van der Waals surface area contributed by atoms with Crippen molar-refractivity contribution in [3.05, 3.63) is 0 Å². The number of hydrogen-bond donors (Lipinski definition) is 2. The zero-order valence-electron chi connectivity index (χ0n) is 7.16. The van der Waals surface area contributed by atoms with E-state index in [4.69, 9.17) is 5.73 Å². The molecule has 2 atom stereocenters. The largest absolute Gasteiger partial charge is 0.449 e. The summed E-state index contributed by atoms with van der Waals surface area (Å²) in [5.74, 6) is 0.564. The van der Waals surface area contributed by atoms with E-state index in [1.807, 2.05) is 0 Å². The summed E-state index contributed by atoms with van der Waals surface area (Å²) in [5, 5.41) is 3.28. The Morgan fingerprint density at radius 3 is 3.17 bits per heavy atom. The van der Waals surface area contributed by atoms with Gasteiger partial charge < -0.3 is 10.1 Å². The third-order valence-corrected chi connectivity index (χ3v) is 2.19. The van der Waals surface area contributed by atoms with Gasteiger partial charge in [-0.1, -0.05) is 0 Å². The Kier molecular flexibility index (Phi) is 4.04. The van der Waals surface area contributed by atoms with Crippen molar-refractivity contribution in [1.82, 2.24) is 5.32 Å². The first kappa shape index (κ1) is 9.48. The Morgan fingerprint density at radius 2 is 2.58 bits per heavy atom. The highest BCUT2D eigenvalue weighted by atomic mass is 16.5. The highest BCUT2D eigenvalue weighted by Crippen LogP contribution is 2.15. The molecule has 1 fully saturated rings. The molecule has 0 aromatic rings. The van der Waals surface area contributed by atoms with E-state index >= 15 is 0 Å². The number of hydrogen-bond acceptors (Lipinski definition) is 4. The highest BCUT2D eigenvalue weighted by Gasteiger charge is 2.16. The van der Waals surface area contributed by atoms with Gasteiger partial charge in [-0.15, -0.1) is 0 Å². The molecule has 1 rings (SSSR count). The molecule has 0 saturated carbocycles. The van der Waals surface area contributed by atoms with Crippen molar-refractivity contribution >= 4 is 6.47 Å². The van der Waals surface area contributed by atoms with Crippen LogP contribution in [0.2, 0.25) is 0 Å². The summed E-state index contributed by atoms with van der Waals surface area (Å²) in [6.07, 6.45) is 2.72. The van der Waals surface area contributed by atoms with Crippen LogP contribution in [0.3, 0.4) is 0 Å². The summed E-state index contributed by atoms with van der Waals surface area (Å²) in [4.78, 5) is 9.94. The van der Waals surface area contributed by atoms with Crippen LogP contribution in [0.15, 0.2) is 0 Å². The molecule has 0 aromatic carbocycles. The Hall–Kier alpha value is -0.610. The lowest BCUT2D eigenvalue weighted by atomic mass is 9.96. The van der Waals surface area contributed by atoms with Crippen LogP contribution >= 0.6 is 0 Å². The van der Waals surface area contributed by atoms with E-state index in [0.717, 1.165) is 19.5 Å². The van der Waals surface area contributed by atoms with Gasteiger partial charge in [0, 0.05) is 6.42 Å². The first-order valence-corrected chi connectivity index (χ1v) is 4.38. The van der Waals surface area contributed by atoms with Crippen molar-refractivity contribution in [3.8, 4) is 0 Å². The molecule has 0 bridgehead atoms. The second-order valence-electron chi connectivity index (χ2n) is 3.22. The fraction of sp³-hybridized carbons (Fsp3) is 0.875. The van der Waals surface area contributed by atoms with E-state index in [0.29, 0.717) is 12.4 Å². The lowest BCUT2D eigenvalue weighted by Gasteiger charge is -2.24. The number of ether oxygens (including phenoxy) is 1. The minimum absolute atomic E-state index is 0.418. The topological polar surface area (TPSA) is 64.3 Å². The number of carbonyl (C=O) groups is 1. The van der Waals surface area contributed by atoms with Crippen molar-refractivity contribution in [3.63, 3.8) is 0 Å². The molecular formula is C8H16N2O2. The molecule has 1 saturated heterocycles. The smallest absolute Gasteiger partial charge is 0.294 e. The summed E-state index contributed by atoms with van der Waals surface area (Å²) >= 11 is 0. The van der Waals surface area contributed by atoms with Crippen molar-refractivity contribution in [2.75, 3.05) is 13.1 Å². The first-order chi connectivity index (χ1) is 5.83. The number of piperidine rings is 1. The van der Waals surface area contributed by atoms with Gasteiger partial charge in [0.1, 0.15) is 0 Å². The fourth-order valence-corrected chi connectivity index (χ4v) is 1.58. The number of rotatable bonds is 4. The average Bonchev–Trinajstić information content (AvgIpc) is 2.06. The van der Waals surface area contributed by atoms with Crippen molar-refractivity contribution in [1.29, 1.82) is 0 Å². The second-order valence-corrected chi connectivity index (χ2v) is 3.22. The zero-order valence-corrected chi connectivity index (χ0v) is 7.16. The minimum Gasteiger partial charge on any atom is -0.449 e. The van der Waals surface area contributed by atoms with Crippen LogP contribution in [-0.4, -0.2) is 25.8 Å². The van der Waals surface area contributed by atoms with Gasteiger partial charge >= 0.3 is 0 Å². The molecule has 1 aliphatic rings. The van der Waals surface area contributed by atoms with Crippen LogP contribution in [-0.2, 0) is 9.53 Å². The summed E-state index contributed by atoms with van der Waals surface area (Å²) in [5.41, 5.74) is 5.53. The molecule has 2 unspecified atom stereocenters. The van der Waals surface area contributed by atoms with Crippen LogP contribution in [0.25, 0.3) is 0 Å². The van der Waals surface area contributed by atoms with E-state index in [9.17, 15) is 4.79 Å². The molecule has 4 heteroatoms. The number of nitrogens with two attached hydrogens (primary N) is 1. The lowest BCUT2D eigenvalue weighted by molar-refractivity contribution is -0.134. The summed E-state index contributed by atoms with van der Waals surface area (Å²) in [6, 6.07) is 0. The van der Waals surface area contributed by atoms with Gasteiger partial charge in [0.25, 0.3) is 6.47 Å². The molecule has 0 spiro atoms. The first-order valence-electron chi connectivity index (χ1n) is 4.38. The SMILES string of the molecule is NC(CC1CCCNC1)OC=O. The van der Waals surface area contributed by atoms with E-state index in [2.05, 4.69) is 10.1 Å². The average molecular weight is 172 g/mol. The van der Waals surface area contributed by atoms with E-state index < -0.39 is 6.23 Å². The molecule has 3 N–H and O–H groups in total. The van der Waals surface area contributed by atoms with Gasteiger partial charge in [-0.05, 0) is 31.8 Å². The Bertz CT molecular complexity index is 135. The molecule has 1 aliphatic heterocycles. The maximum absolute atomic E-state index is 9.94. The van der Waals surface area contributed by atoms with Gasteiger partial charge in [-0.25, -0.2) is 0 Å². The molecule has 12 heavy (non-hydrogen) atoms. The van der Waals surface area contributed by atoms with Gasteiger partial charge in [-0.2, -0.15) is 0 Å². The zero-order chi connectivity index (χ0) is 8.81. The Morgan fingerprint density at radius 1 is 1.75 bits per heavy atom. The molecular weight excluding hydrogens is 156 g/mol. The molecule has 0 radical (unpaired) electrons. The maximum Gasteiger partial charge on any atom is 0.294 e. The molecule has 70 valence electrons. The Labute approximate surface area is 72.5 Å². The normalized spacial score (nSPS) is 26.2. The monoisotopic (exact) mass is 172 g/mol. The molecule has 0 aromatic heterocycles. The third kappa shape index (κ3) is 3.19. The summed E-state index contributed by atoms with van der Waals surface area (Å²) in [7, 11) is 0. The highest BCUT2D eigenvalue weighted by molar-refractivity contribution is 5.37. The fourth-order valence-electron chi connectivity index (χ4n) is 1.58. The second kappa shape index (κ2) is 5.11. The van der Waals surface area contributed by atoms with E-state index in [1.54, 1.807) is 0 Å². The summed E-state index contributed by atoms with van der Waals surface area (Å²) < 4.78 is 4.61. The van der Waals surface area contributed by atoms with Crippen molar-refractivity contribution in [2.45, 2.75) is 25.5 Å². The quantitative estimate of drug-likeness (QED) is 0.456. The Balaban J connectivity index is 2.15. The minimum atomic E-state index is -0.424. The van der Waals surface area contributed by atoms with E-state index in [1.165, 1.54) is 12.8 Å².